The van der Waals surface area contributed by atoms with Crippen LogP contribution >= 0.6 is 22.6 Å². The summed E-state index contributed by atoms with van der Waals surface area (Å²) in [6, 6.07) is 5.05. The lowest BCUT2D eigenvalue weighted by atomic mass is 9.98. The molecule has 0 aromatic heterocycles. The van der Waals surface area contributed by atoms with Crippen LogP contribution in [0.15, 0.2) is 18.2 Å². The lowest BCUT2D eigenvalue weighted by molar-refractivity contribution is 0.0353. The summed E-state index contributed by atoms with van der Waals surface area (Å²) in [5.74, 6) is -0.998. The summed E-state index contributed by atoms with van der Waals surface area (Å²) in [6.07, 6.45) is 0. The first-order chi connectivity index (χ1) is 9.26. The Labute approximate surface area is 133 Å². The first-order valence-corrected chi connectivity index (χ1v) is 7.47. The van der Waals surface area contributed by atoms with Crippen molar-refractivity contribution in [3.8, 4) is 0 Å². The van der Waals surface area contributed by atoms with Crippen LogP contribution in [-0.2, 0) is 9.47 Å². The van der Waals surface area contributed by atoms with Gasteiger partial charge in [-0.1, -0.05) is 26.8 Å². The number of carbonyl (C=O) groups excluding carboxylic acids is 2. The van der Waals surface area contributed by atoms with Crippen LogP contribution in [0.25, 0.3) is 0 Å². The lowest BCUT2D eigenvalue weighted by Crippen LogP contribution is -2.21. The third-order valence-electron chi connectivity index (χ3n) is 2.35. The van der Waals surface area contributed by atoms with Crippen LogP contribution in [0.4, 0.5) is 0 Å². The quantitative estimate of drug-likeness (QED) is 0.582. The minimum Gasteiger partial charge on any atom is -0.462 e. The molecule has 1 aromatic carbocycles. The summed E-state index contributed by atoms with van der Waals surface area (Å²) < 4.78 is 10.9. The highest BCUT2D eigenvalue weighted by Crippen LogP contribution is 2.21. The number of rotatable bonds is 4. The SMILES string of the molecule is CCOC(=O)c1cccc(I)c1C(=O)OCC(C)(C)C. The summed E-state index contributed by atoms with van der Waals surface area (Å²) >= 11 is 2.01. The molecule has 0 aliphatic heterocycles. The van der Waals surface area contributed by atoms with Gasteiger partial charge >= 0.3 is 11.9 Å². The number of hydrogen-bond donors (Lipinski definition) is 0. The molecule has 0 radical (unpaired) electrons. The molecule has 0 spiro atoms. The van der Waals surface area contributed by atoms with Crippen LogP contribution in [-0.4, -0.2) is 25.2 Å². The minimum atomic E-state index is -0.506. The van der Waals surface area contributed by atoms with Gasteiger partial charge < -0.3 is 9.47 Å². The maximum atomic E-state index is 12.2. The molecule has 0 N–H and O–H groups in total. The van der Waals surface area contributed by atoms with Gasteiger partial charge in [-0.25, -0.2) is 9.59 Å². The molecule has 110 valence electrons. The first-order valence-electron chi connectivity index (χ1n) is 6.39. The minimum absolute atomic E-state index is 0.125. The van der Waals surface area contributed by atoms with E-state index in [9.17, 15) is 9.59 Å². The lowest BCUT2D eigenvalue weighted by Gasteiger charge is -2.18. The third-order valence-corrected chi connectivity index (χ3v) is 3.25. The Bertz CT molecular complexity index is 503. The van der Waals surface area contributed by atoms with E-state index in [1.807, 2.05) is 43.4 Å². The molecule has 0 atom stereocenters. The third kappa shape index (κ3) is 4.77. The van der Waals surface area contributed by atoms with Crippen molar-refractivity contribution in [2.45, 2.75) is 27.7 Å². The van der Waals surface area contributed by atoms with Crippen LogP contribution in [0.1, 0.15) is 48.4 Å². The van der Waals surface area contributed by atoms with Crippen molar-refractivity contribution in [1.82, 2.24) is 0 Å². The topological polar surface area (TPSA) is 52.6 Å². The Morgan fingerprint density at radius 1 is 1.15 bits per heavy atom. The molecule has 5 heteroatoms. The second kappa shape index (κ2) is 7.06. The fourth-order valence-electron chi connectivity index (χ4n) is 1.46. The zero-order valence-corrected chi connectivity index (χ0v) is 14.3. The van der Waals surface area contributed by atoms with E-state index < -0.39 is 11.9 Å². The molecule has 20 heavy (non-hydrogen) atoms. The number of hydrogen-bond acceptors (Lipinski definition) is 4. The molecule has 0 amide bonds. The highest BCUT2D eigenvalue weighted by Gasteiger charge is 2.23. The van der Waals surface area contributed by atoms with E-state index in [2.05, 4.69) is 0 Å². The highest BCUT2D eigenvalue weighted by atomic mass is 127. The zero-order chi connectivity index (χ0) is 15.3. The maximum Gasteiger partial charge on any atom is 0.340 e. The molecule has 0 saturated heterocycles. The Morgan fingerprint density at radius 2 is 1.80 bits per heavy atom. The van der Waals surface area contributed by atoms with E-state index in [0.717, 1.165) is 0 Å². The summed E-state index contributed by atoms with van der Waals surface area (Å²) in [6.45, 7) is 8.21. The molecular formula is C15H19IO4. The molecule has 0 unspecified atom stereocenters. The molecule has 0 saturated carbocycles. The Morgan fingerprint density at radius 3 is 2.35 bits per heavy atom. The van der Waals surface area contributed by atoms with E-state index in [-0.39, 0.29) is 23.1 Å². The van der Waals surface area contributed by atoms with Gasteiger partial charge in [-0.2, -0.15) is 0 Å². The molecule has 0 heterocycles. The van der Waals surface area contributed by atoms with Gasteiger partial charge in [0.05, 0.1) is 24.3 Å². The Balaban J connectivity index is 3.03. The van der Waals surface area contributed by atoms with Gasteiger partial charge in [-0.3, -0.25) is 0 Å². The normalized spacial score (nSPS) is 11.1. The Kier molecular flexibility index (Phi) is 5.98. The van der Waals surface area contributed by atoms with Crippen molar-refractivity contribution in [2.75, 3.05) is 13.2 Å². The number of carbonyl (C=O) groups is 2. The molecule has 1 rings (SSSR count). The van der Waals surface area contributed by atoms with Crippen LogP contribution in [0.2, 0.25) is 0 Å². The van der Waals surface area contributed by atoms with Crippen molar-refractivity contribution in [3.05, 3.63) is 32.9 Å². The summed E-state index contributed by atoms with van der Waals surface area (Å²) in [5.41, 5.74) is 0.397. The van der Waals surface area contributed by atoms with Crippen molar-refractivity contribution < 1.29 is 19.1 Å². The molecule has 4 nitrogen and oxygen atoms in total. The largest absolute Gasteiger partial charge is 0.462 e. The maximum absolute atomic E-state index is 12.2. The number of ether oxygens (including phenoxy) is 2. The van der Waals surface area contributed by atoms with Crippen LogP contribution < -0.4 is 0 Å². The second-order valence-electron chi connectivity index (χ2n) is 5.52. The summed E-state index contributed by atoms with van der Waals surface area (Å²) in [4.78, 5) is 24.1. The zero-order valence-electron chi connectivity index (χ0n) is 12.2. The van der Waals surface area contributed by atoms with Crippen LogP contribution in [0, 0.1) is 8.99 Å². The molecule has 0 bridgehead atoms. The molecule has 0 aliphatic carbocycles. The van der Waals surface area contributed by atoms with E-state index >= 15 is 0 Å². The number of benzene rings is 1. The van der Waals surface area contributed by atoms with Gasteiger partial charge in [0.25, 0.3) is 0 Å². The monoisotopic (exact) mass is 390 g/mol. The summed E-state index contributed by atoms with van der Waals surface area (Å²) in [5, 5.41) is 0. The van der Waals surface area contributed by atoms with E-state index in [1.54, 1.807) is 25.1 Å². The van der Waals surface area contributed by atoms with Crippen molar-refractivity contribution in [3.63, 3.8) is 0 Å². The smallest absolute Gasteiger partial charge is 0.340 e. The fraction of sp³-hybridized carbons (Fsp3) is 0.467. The van der Waals surface area contributed by atoms with E-state index in [4.69, 9.17) is 9.47 Å². The first kappa shape index (κ1) is 16.9. The van der Waals surface area contributed by atoms with Gasteiger partial charge in [-0.05, 0) is 47.1 Å². The van der Waals surface area contributed by atoms with Gasteiger partial charge in [0.1, 0.15) is 0 Å². The van der Waals surface area contributed by atoms with Crippen molar-refractivity contribution >= 4 is 34.5 Å². The molecule has 0 aliphatic rings. The van der Waals surface area contributed by atoms with Gasteiger partial charge in [0.2, 0.25) is 0 Å². The standard InChI is InChI=1S/C15H19IO4/c1-5-19-13(17)10-7-6-8-11(16)12(10)14(18)20-9-15(2,3)4/h6-8H,5,9H2,1-4H3. The molecule has 0 fully saturated rings. The highest BCUT2D eigenvalue weighted by molar-refractivity contribution is 14.1. The average molecular weight is 390 g/mol. The Hall–Kier alpha value is -1.11. The van der Waals surface area contributed by atoms with Gasteiger partial charge in [0.15, 0.2) is 0 Å². The van der Waals surface area contributed by atoms with Crippen LogP contribution in [0.3, 0.4) is 0 Å². The average Bonchev–Trinajstić information content (AvgIpc) is 2.35. The fourth-order valence-corrected chi connectivity index (χ4v) is 2.18. The number of halogens is 1. The van der Waals surface area contributed by atoms with E-state index in [0.29, 0.717) is 10.2 Å². The van der Waals surface area contributed by atoms with Crippen LogP contribution in [0.5, 0.6) is 0 Å². The predicted octanol–water partition coefficient (Wildman–Crippen LogP) is 3.67. The van der Waals surface area contributed by atoms with Gasteiger partial charge in [-0.15, -0.1) is 0 Å². The summed E-state index contributed by atoms with van der Waals surface area (Å²) in [7, 11) is 0. The predicted molar refractivity (Wildman–Crippen MR) is 84.9 cm³/mol. The molecular weight excluding hydrogens is 371 g/mol. The number of esters is 2. The van der Waals surface area contributed by atoms with Crippen molar-refractivity contribution in [2.24, 2.45) is 5.41 Å². The van der Waals surface area contributed by atoms with E-state index in [1.165, 1.54) is 0 Å². The molecule has 1 aromatic rings. The van der Waals surface area contributed by atoms with Gasteiger partial charge in [0, 0.05) is 3.57 Å². The van der Waals surface area contributed by atoms with Crippen molar-refractivity contribution in [1.29, 1.82) is 0 Å². The second-order valence-corrected chi connectivity index (χ2v) is 6.68.